The van der Waals surface area contributed by atoms with Gasteiger partial charge in [-0.25, -0.2) is 0 Å². The fourth-order valence-corrected chi connectivity index (χ4v) is 3.51. The maximum Gasteiger partial charge on any atom is 0.0720 e. The van der Waals surface area contributed by atoms with Crippen molar-refractivity contribution in [1.29, 1.82) is 0 Å². The van der Waals surface area contributed by atoms with Crippen molar-refractivity contribution in [2.24, 2.45) is 0 Å². The van der Waals surface area contributed by atoms with Crippen LogP contribution >= 0.6 is 0 Å². The first kappa shape index (κ1) is 12.7. The molecule has 3 atom stereocenters. The highest BCUT2D eigenvalue weighted by Gasteiger charge is 2.40. The van der Waals surface area contributed by atoms with Gasteiger partial charge in [0.2, 0.25) is 0 Å². The van der Waals surface area contributed by atoms with Crippen molar-refractivity contribution in [1.82, 2.24) is 4.90 Å². The molecule has 3 rings (SSSR count). The maximum atomic E-state index is 6.10. The first-order chi connectivity index (χ1) is 9.36. The normalized spacial score (nSPS) is 30.2. The van der Waals surface area contributed by atoms with Crippen LogP contribution in [0.3, 0.4) is 0 Å². The lowest BCUT2D eigenvalue weighted by Crippen LogP contribution is -2.45. The highest BCUT2D eigenvalue weighted by Crippen LogP contribution is 2.36. The Morgan fingerprint density at radius 3 is 2.47 bits per heavy atom. The summed E-state index contributed by atoms with van der Waals surface area (Å²) in [5, 5.41) is 0. The lowest BCUT2D eigenvalue weighted by molar-refractivity contribution is -0.0245. The molecule has 1 aromatic carbocycles. The highest BCUT2D eigenvalue weighted by molar-refractivity contribution is 5.13. The second kappa shape index (κ2) is 5.77. The van der Waals surface area contributed by atoms with E-state index in [1.165, 1.54) is 18.4 Å². The molecule has 2 aliphatic rings. The Bertz CT molecular complexity index is 436. The molecule has 0 aromatic heterocycles. The van der Waals surface area contributed by atoms with E-state index in [4.69, 9.17) is 11.2 Å². The summed E-state index contributed by atoms with van der Waals surface area (Å²) in [6.07, 6.45) is 10.7. The molecule has 2 aliphatic heterocycles. The molecule has 2 heterocycles. The fraction of sp³-hybridized carbons (Fsp3) is 0.529. The van der Waals surface area contributed by atoms with E-state index in [0.29, 0.717) is 18.2 Å². The molecule has 0 N–H and O–H groups in total. The Balaban J connectivity index is 1.54. The van der Waals surface area contributed by atoms with Crippen LogP contribution < -0.4 is 0 Å². The molecule has 0 amide bonds. The van der Waals surface area contributed by atoms with Crippen molar-refractivity contribution in [3.63, 3.8) is 0 Å². The van der Waals surface area contributed by atoms with Crippen molar-refractivity contribution in [2.75, 3.05) is 6.54 Å². The van der Waals surface area contributed by atoms with Crippen molar-refractivity contribution in [3.05, 3.63) is 35.9 Å². The molecule has 2 bridgehead atoms. The van der Waals surface area contributed by atoms with Gasteiger partial charge in [-0.3, -0.25) is 4.90 Å². The van der Waals surface area contributed by atoms with E-state index in [9.17, 15) is 0 Å². The third-order valence-electron chi connectivity index (χ3n) is 4.44. The van der Waals surface area contributed by atoms with Gasteiger partial charge in [0, 0.05) is 12.1 Å². The molecule has 0 radical (unpaired) electrons. The number of terminal acetylenes is 1. The predicted molar refractivity (Wildman–Crippen MR) is 76.6 cm³/mol. The van der Waals surface area contributed by atoms with Gasteiger partial charge in [0.15, 0.2) is 0 Å². The van der Waals surface area contributed by atoms with Crippen LogP contribution in [0.5, 0.6) is 0 Å². The van der Waals surface area contributed by atoms with Crippen LogP contribution in [0.2, 0.25) is 0 Å². The van der Waals surface area contributed by atoms with Crippen LogP contribution in [0.4, 0.5) is 0 Å². The largest absolute Gasteiger partial charge is 0.373 e. The Morgan fingerprint density at radius 2 is 1.84 bits per heavy atom. The molecule has 0 aliphatic carbocycles. The van der Waals surface area contributed by atoms with E-state index in [1.54, 1.807) is 0 Å². The smallest absolute Gasteiger partial charge is 0.0720 e. The van der Waals surface area contributed by atoms with Crippen LogP contribution in [-0.4, -0.2) is 29.6 Å². The lowest BCUT2D eigenvalue weighted by atomic mass is 9.99. The quantitative estimate of drug-likeness (QED) is 0.767. The number of hydrogen-bond acceptors (Lipinski definition) is 2. The SMILES string of the molecule is C#CCN1[C@@H]2CC[C@H]1CC(OCc1ccccc1)C2. The molecule has 0 spiro atoms. The first-order valence-corrected chi connectivity index (χ1v) is 7.21. The molecule has 2 saturated heterocycles. The maximum absolute atomic E-state index is 6.10. The minimum absolute atomic E-state index is 0.409. The van der Waals surface area contributed by atoms with Gasteiger partial charge in [0.25, 0.3) is 0 Å². The zero-order valence-corrected chi connectivity index (χ0v) is 11.3. The van der Waals surface area contributed by atoms with Gasteiger partial charge in [-0.1, -0.05) is 36.3 Å². The van der Waals surface area contributed by atoms with E-state index in [-0.39, 0.29) is 0 Å². The average Bonchev–Trinajstić information content (AvgIpc) is 2.70. The molecule has 1 unspecified atom stereocenters. The zero-order chi connectivity index (χ0) is 13.1. The summed E-state index contributed by atoms with van der Waals surface area (Å²) in [7, 11) is 0. The van der Waals surface area contributed by atoms with Crippen molar-refractivity contribution < 1.29 is 4.74 Å². The Hall–Kier alpha value is -1.30. The van der Waals surface area contributed by atoms with Crippen LogP contribution in [0, 0.1) is 12.3 Å². The minimum Gasteiger partial charge on any atom is -0.373 e. The Morgan fingerprint density at radius 1 is 1.16 bits per heavy atom. The summed E-state index contributed by atoms with van der Waals surface area (Å²) in [5.41, 5.74) is 1.26. The third-order valence-corrected chi connectivity index (χ3v) is 4.44. The topological polar surface area (TPSA) is 12.5 Å². The van der Waals surface area contributed by atoms with Gasteiger partial charge < -0.3 is 4.74 Å². The molecule has 1 aromatic rings. The number of piperidine rings is 1. The molecular formula is C17H21NO. The lowest BCUT2D eigenvalue weighted by Gasteiger charge is -2.37. The summed E-state index contributed by atoms with van der Waals surface area (Å²) in [4.78, 5) is 2.50. The van der Waals surface area contributed by atoms with Crippen LogP contribution in [0.25, 0.3) is 0 Å². The van der Waals surface area contributed by atoms with Gasteiger partial charge in [-0.05, 0) is 31.2 Å². The van der Waals surface area contributed by atoms with E-state index in [0.717, 1.165) is 26.0 Å². The number of rotatable bonds is 4. The van der Waals surface area contributed by atoms with E-state index in [1.807, 2.05) is 6.07 Å². The second-order valence-electron chi connectivity index (χ2n) is 5.65. The molecule has 19 heavy (non-hydrogen) atoms. The number of nitrogens with zero attached hydrogens (tertiary/aromatic N) is 1. The molecule has 2 nitrogen and oxygen atoms in total. The highest BCUT2D eigenvalue weighted by atomic mass is 16.5. The van der Waals surface area contributed by atoms with Gasteiger partial charge in [0.1, 0.15) is 0 Å². The molecular weight excluding hydrogens is 234 g/mol. The zero-order valence-electron chi connectivity index (χ0n) is 11.3. The Kier molecular flexibility index (Phi) is 3.87. The Labute approximate surface area is 115 Å². The number of hydrogen-bond donors (Lipinski definition) is 0. The number of benzene rings is 1. The van der Waals surface area contributed by atoms with Gasteiger partial charge >= 0.3 is 0 Å². The monoisotopic (exact) mass is 255 g/mol. The summed E-state index contributed by atoms with van der Waals surface area (Å²) < 4.78 is 6.10. The van der Waals surface area contributed by atoms with Crippen LogP contribution in [-0.2, 0) is 11.3 Å². The average molecular weight is 255 g/mol. The second-order valence-corrected chi connectivity index (χ2v) is 5.65. The standard InChI is InChI=1S/C17H21NO/c1-2-10-18-15-8-9-16(18)12-17(11-15)19-13-14-6-4-3-5-7-14/h1,3-7,15-17H,8-13H2/t15-,16+,17?. The predicted octanol–water partition coefficient (Wildman–Crippen LogP) is 2.83. The van der Waals surface area contributed by atoms with Crippen molar-refractivity contribution in [2.45, 2.75) is 50.5 Å². The summed E-state index contributed by atoms with van der Waals surface area (Å²) >= 11 is 0. The van der Waals surface area contributed by atoms with E-state index >= 15 is 0 Å². The third kappa shape index (κ3) is 2.83. The molecule has 0 saturated carbocycles. The first-order valence-electron chi connectivity index (χ1n) is 7.21. The van der Waals surface area contributed by atoms with Crippen LogP contribution in [0.1, 0.15) is 31.2 Å². The number of fused-ring (bicyclic) bond motifs is 2. The van der Waals surface area contributed by atoms with Gasteiger partial charge in [0.05, 0.1) is 19.3 Å². The fourth-order valence-electron chi connectivity index (χ4n) is 3.51. The van der Waals surface area contributed by atoms with Crippen LogP contribution in [0.15, 0.2) is 30.3 Å². The van der Waals surface area contributed by atoms with Crippen molar-refractivity contribution >= 4 is 0 Å². The minimum atomic E-state index is 0.409. The summed E-state index contributed by atoms with van der Waals surface area (Å²) in [5.74, 6) is 2.80. The van der Waals surface area contributed by atoms with Crippen molar-refractivity contribution in [3.8, 4) is 12.3 Å². The summed E-state index contributed by atoms with van der Waals surface area (Å²) in [6.45, 7) is 1.54. The molecule has 2 fully saturated rings. The molecule has 100 valence electrons. The van der Waals surface area contributed by atoms with Gasteiger partial charge in [-0.15, -0.1) is 6.42 Å². The summed E-state index contributed by atoms with van der Waals surface area (Å²) in [6, 6.07) is 11.7. The van der Waals surface area contributed by atoms with Gasteiger partial charge in [-0.2, -0.15) is 0 Å². The number of ether oxygens (including phenoxy) is 1. The molecule has 2 heteroatoms. The van der Waals surface area contributed by atoms with E-state index < -0.39 is 0 Å². The van der Waals surface area contributed by atoms with E-state index in [2.05, 4.69) is 35.1 Å².